The molecule has 0 amide bonds. The smallest absolute Gasteiger partial charge is 0.163 e. The van der Waals surface area contributed by atoms with Crippen LogP contribution in [0, 0.1) is 13.1 Å². The highest BCUT2D eigenvalue weighted by Crippen LogP contribution is 2.31. The Morgan fingerprint density at radius 2 is 1.53 bits per heavy atom. The maximum atomic E-state index is 11.9. The molecule has 15 heavy (non-hydrogen) atoms. The van der Waals surface area contributed by atoms with Gasteiger partial charge in [-0.15, -0.1) is 0 Å². The third-order valence-corrected chi connectivity index (χ3v) is 1.24. The van der Waals surface area contributed by atoms with E-state index < -0.39 is 24.1 Å². The van der Waals surface area contributed by atoms with Crippen LogP contribution >= 0.6 is 0 Å². The molecule has 0 radical (unpaired) electrons. The minimum Gasteiger partial charge on any atom is -0.163 e. The van der Waals surface area contributed by atoms with Crippen molar-refractivity contribution in [3.05, 3.63) is 21.5 Å². The van der Waals surface area contributed by atoms with Crippen molar-refractivity contribution in [2.24, 2.45) is 0 Å². The number of hydrogen-bond acceptors (Lipinski definition) is 0. The van der Waals surface area contributed by atoms with Crippen LogP contribution in [-0.2, 0) is 0 Å². The largest absolute Gasteiger partial charge is 0.496 e. The monoisotopic (exact) mass is 230 g/mol. The summed E-state index contributed by atoms with van der Waals surface area (Å²) in [6.07, 6.45) is -10.4. The summed E-state index contributed by atoms with van der Waals surface area (Å²) < 4.78 is 71.6. The van der Waals surface area contributed by atoms with Crippen molar-refractivity contribution in [1.82, 2.24) is 0 Å². The van der Waals surface area contributed by atoms with Gasteiger partial charge in [0, 0.05) is 0 Å². The maximum absolute atomic E-state index is 11.9. The average Bonchev–Trinajstić information content (AvgIpc) is 2.01. The van der Waals surface area contributed by atoms with Crippen LogP contribution in [0.5, 0.6) is 0 Å². The van der Waals surface area contributed by atoms with Crippen LogP contribution in [0.2, 0.25) is 0 Å². The Bertz CT molecular complexity index is 336. The number of halogens is 6. The zero-order chi connectivity index (χ0) is 12.3. The number of nitrogens with zero attached hydrogens (tertiary/aromatic N) is 2. The molecule has 0 aromatic rings. The minimum absolute atomic E-state index is 0.306. The number of alkyl halides is 6. The predicted octanol–water partition coefficient (Wildman–Crippen LogP) is 3.29. The van der Waals surface area contributed by atoms with Gasteiger partial charge >= 0.3 is 24.1 Å². The lowest BCUT2D eigenvalue weighted by Crippen LogP contribution is -2.25. The van der Waals surface area contributed by atoms with Crippen LogP contribution in [0.4, 0.5) is 26.3 Å². The molecule has 0 aliphatic heterocycles. The summed E-state index contributed by atoms with van der Waals surface area (Å²) in [6, 6.07) is -2.79. The second kappa shape index (κ2) is 4.22. The molecule has 0 aliphatic rings. The second-order valence-electron chi connectivity index (χ2n) is 2.31. The maximum Gasteiger partial charge on any atom is 0.496 e. The Morgan fingerprint density at radius 1 is 1.07 bits per heavy atom. The van der Waals surface area contributed by atoms with E-state index in [9.17, 15) is 26.3 Å². The molecule has 8 heteroatoms. The average molecular weight is 230 g/mol. The van der Waals surface area contributed by atoms with Gasteiger partial charge in [-0.1, -0.05) is 4.85 Å². The zero-order valence-electron chi connectivity index (χ0n) is 6.97. The molecule has 0 aliphatic carbocycles. The van der Waals surface area contributed by atoms with E-state index in [4.69, 9.17) is 0 Å². The van der Waals surface area contributed by atoms with Crippen molar-refractivity contribution >= 4 is 0 Å². The SMILES string of the molecule is C#[N+]C(=CC([N+]#C)C(F)(F)F)C(F)(F)F. The van der Waals surface area contributed by atoms with Crippen LogP contribution in [-0.4, -0.2) is 18.4 Å². The second-order valence-corrected chi connectivity index (χ2v) is 2.31. The van der Waals surface area contributed by atoms with E-state index in [1.54, 1.807) is 0 Å². The quantitative estimate of drug-likeness (QED) is 0.611. The highest BCUT2D eigenvalue weighted by atomic mass is 19.4. The molecule has 0 aromatic carbocycles. The molecule has 0 fully saturated rings. The van der Waals surface area contributed by atoms with Crippen molar-refractivity contribution in [1.29, 1.82) is 0 Å². The molecule has 82 valence electrons. The summed E-state index contributed by atoms with van der Waals surface area (Å²) in [5, 5.41) is 0. The third-order valence-electron chi connectivity index (χ3n) is 1.24. The molecule has 1 unspecified atom stereocenters. The van der Waals surface area contributed by atoms with E-state index in [2.05, 4.69) is 22.8 Å². The highest BCUT2D eigenvalue weighted by molar-refractivity contribution is 5.23. The van der Waals surface area contributed by atoms with Gasteiger partial charge in [-0.3, -0.25) is 0 Å². The number of hydrogen-bond donors (Lipinski definition) is 0. The molecular formula is C7H4F6N2+2. The molecule has 0 heterocycles. The lowest BCUT2D eigenvalue weighted by atomic mass is 10.2. The predicted molar refractivity (Wildman–Crippen MR) is 40.6 cm³/mol. The molecule has 0 spiro atoms. The van der Waals surface area contributed by atoms with E-state index in [0.717, 1.165) is 0 Å². The lowest BCUT2D eigenvalue weighted by molar-refractivity contribution is -0.130. The fourth-order valence-corrected chi connectivity index (χ4v) is 0.582. The van der Waals surface area contributed by atoms with Gasteiger partial charge in [-0.25, -0.2) is 0 Å². The van der Waals surface area contributed by atoms with E-state index >= 15 is 0 Å². The normalized spacial score (nSPS) is 15.3. The van der Waals surface area contributed by atoms with Gasteiger partial charge in [0.05, 0.1) is 0 Å². The van der Waals surface area contributed by atoms with Crippen molar-refractivity contribution in [3.8, 4) is 13.1 Å². The highest BCUT2D eigenvalue weighted by Gasteiger charge is 2.53. The minimum atomic E-state index is -5.08. The topological polar surface area (TPSA) is 8.72 Å². The van der Waals surface area contributed by atoms with Gasteiger partial charge in [-0.05, 0) is 4.85 Å². The molecule has 0 bridgehead atoms. The van der Waals surface area contributed by atoms with Crippen molar-refractivity contribution in [2.45, 2.75) is 18.4 Å². The Morgan fingerprint density at radius 3 is 1.73 bits per heavy atom. The molecule has 0 saturated heterocycles. The Kier molecular flexibility index (Phi) is 3.74. The Hall–Kier alpha value is -1.70. The fraction of sp³-hybridized carbons (Fsp3) is 0.429. The zero-order valence-corrected chi connectivity index (χ0v) is 6.97. The summed E-state index contributed by atoms with van der Waals surface area (Å²) in [5.74, 6) is 0. The summed E-state index contributed by atoms with van der Waals surface area (Å²) in [6.45, 7) is 8.61. The first kappa shape index (κ1) is 13.3. The van der Waals surface area contributed by atoms with Crippen molar-refractivity contribution < 1.29 is 26.3 Å². The summed E-state index contributed by atoms with van der Waals surface area (Å²) in [4.78, 5) is 4.42. The van der Waals surface area contributed by atoms with Gasteiger partial charge in [0.25, 0.3) is 13.1 Å². The molecule has 0 rings (SSSR count). The summed E-state index contributed by atoms with van der Waals surface area (Å²) in [7, 11) is 0. The molecule has 2 nitrogen and oxygen atoms in total. The first-order valence-corrected chi connectivity index (χ1v) is 3.29. The van der Waals surface area contributed by atoms with Gasteiger partial charge < -0.3 is 0 Å². The Labute approximate surface area is 80.4 Å². The molecule has 0 N–H and O–H groups in total. The molecule has 0 saturated carbocycles. The van der Waals surface area contributed by atoms with E-state index in [0.29, 0.717) is 0 Å². The van der Waals surface area contributed by atoms with Crippen molar-refractivity contribution in [2.75, 3.05) is 0 Å². The first-order chi connectivity index (χ1) is 6.62. The van der Waals surface area contributed by atoms with E-state index in [1.807, 2.05) is 0 Å². The van der Waals surface area contributed by atoms with E-state index in [-0.39, 0.29) is 6.08 Å². The van der Waals surface area contributed by atoms with Crippen LogP contribution in [0.25, 0.3) is 9.69 Å². The van der Waals surface area contributed by atoms with Crippen LogP contribution in [0.3, 0.4) is 0 Å². The molecule has 1 atom stereocenters. The Balaban J connectivity index is 5.20. The molecule has 0 aromatic heterocycles. The standard InChI is InChI=1S/C7H4F6N2/c1-14-4(6(8,9)10)3-5(15-2)7(11,12)13/h1-4H/q+2. The number of allylic oxidation sites excluding steroid dienone is 1. The van der Waals surface area contributed by atoms with E-state index in [1.165, 1.54) is 0 Å². The third kappa shape index (κ3) is 3.90. The van der Waals surface area contributed by atoms with Crippen molar-refractivity contribution in [3.63, 3.8) is 0 Å². The van der Waals surface area contributed by atoms with Gasteiger partial charge in [-0.2, -0.15) is 26.3 Å². The van der Waals surface area contributed by atoms with Crippen LogP contribution < -0.4 is 0 Å². The van der Waals surface area contributed by atoms with Gasteiger partial charge in [0.2, 0.25) is 0 Å². The van der Waals surface area contributed by atoms with Crippen LogP contribution in [0.1, 0.15) is 0 Å². The fourth-order valence-electron chi connectivity index (χ4n) is 0.582. The van der Waals surface area contributed by atoms with Gasteiger partial charge in [0.1, 0.15) is 6.08 Å². The molecular weight excluding hydrogens is 226 g/mol. The first-order valence-electron chi connectivity index (χ1n) is 3.29. The lowest BCUT2D eigenvalue weighted by Gasteiger charge is -2.01. The summed E-state index contributed by atoms with van der Waals surface area (Å²) >= 11 is 0. The van der Waals surface area contributed by atoms with Crippen LogP contribution in [0.15, 0.2) is 11.8 Å². The number of rotatable bonds is 1. The summed E-state index contributed by atoms with van der Waals surface area (Å²) in [5.41, 5.74) is -1.89. The van der Waals surface area contributed by atoms with Gasteiger partial charge in [0.15, 0.2) is 0 Å².